The van der Waals surface area contributed by atoms with Crippen molar-refractivity contribution in [2.24, 2.45) is 0 Å². The molecule has 0 radical (unpaired) electrons. The second-order valence-corrected chi connectivity index (χ2v) is 7.57. The molecule has 3 rings (SSSR count). The van der Waals surface area contributed by atoms with Crippen molar-refractivity contribution in [2.45, 2.75) is 43.7 Å². The minimum Gasteiger partial charge on any atom is -0.354 e. The molecular formula is C20H28F3N3O. The van der Waals surface area contributed by atoms with E-state index in [9.17, 15) is 18.0 Å². The Bertz CT molecular complexity index is 636. The first-order valence-electron chi connectivity index (χ1n) is 9.81. The fourth-order valence-electron chi connectivity index (χ4n) is 4.23. The molecule has 1 aliphatic carbocycles. The average molecular weight is 383 g/mol. The van der Waals surface area contributed by atoms with Gasteiger partial charge in [-0.15, -0.1) is 0 Å². The molecule has 1 heterocycles. The molecule has 1 aliphatic heterocycles. The van der Waals surface area contributed by atoms with Gasteiger partial charge in [-0.25, -0.2) is 0 Å². The van der Waals surface area contributed by atoms with Crippen molar-refractivity contribution in [3.8, 4) is 0 Å². The topological polar surface area (TPSA) is 44.4 Å². The summed E-state index contributed by atoms with van der Waals surface area (Å²) in [5.41, 5.74) is -1.03. The maximum Gasteiger partial charge on any atom is 0.416 e. The Morgan fingerprint density at radius 1 is 1.15 bits per heavy atom. The van der Waals surface area contributed by atoms with Gasteiger partial charge in [0, 0.05) is 39.3 Å². The van der Waals surface area contributed by atoms with Gasteiger partial charge < -0.3 is 10.6 Å². The molecule has 2 N–H and O–H groups in total. The van der Waals surface area contributed by atoms with E-state index in [-0.39, 0.29) is 5.91 Å². The van der Waals surface area contributed by atoms with Crippen LogP contribution in [0.3, 0.4) is 0 Å². The van der Waals surface area contributed by atoms with Crippen LogP contribution in [0.4, 0.5) is 13.2 Å². The Labute approximate surface area is 158 Å². The van der Waals surface area contributed by atoms with Crippen molar-refractivity contribution in [1.82, 2.24) is 15.5 Å². The van der Waals surface area contributed by atoms with Gasteiger partial charge in [0.05, 0.1) is 11.0 Å². The van der Waals surface area contributed by atoms with Crippen LogP contribution in [0.1, 0.15) is 43.2 Å². The molecule has 0 unspecified atom stereocenters. The number of amides is 1. The Balaban J connectivity index is 1.73. The highest BCUT2D eigenvalue weighted by atomic mass is 19.4. The summed E-state index contributed by atoms with van der Waals surface area (Å²) < 4.78 is 39.5. The standard InChI is InChI=1S/C20H28F3N3O/c21-20(22,23)17-6-4-5-16(15-17)19(7-2-1-3-8-19)18(27)25-11-14-26-12-9-24-10-13-26/h4-6,15,24H,1-3,7-14H2,(H,25,27). The van der Waals surface area contributed by atoms with Gasteiger partial charge in [0.25, 0.3) is 0 Å². The van der Waals surface area contributed by atoms with Crippen LogP contribution in [0.15, 0.2) is 24.3 Å². The molecule has 0 atom stereocenters. The second-order valence-electron chi connectivity index (χ2n) is 7.57. The first-order valence-corrected chi connectivity index (χ1v) is 9.81. The predicted octanol–water partition coefficient (Wildman–Crippen LogP) is 2.93. The highest BCUT2D eigenvalue weighted by Crippen LogP contribution is 2.41. The number of benzene rings is 1. The molecular weight excluding hydrogens is 355 g/mol. The number of nitrogens with one attached hydrogen (secondary N) is 2. The van der Waals surface area contributed by atoms with Gasteiger partial charge in [-0.1, -0.05) is 37.5 Å². The second kappa shape index (κ2) is 8.61. The number of carbonyl (C=O) groups excluding carboxylic acids is 1. The number of hydrogen-bond acceptors (Lipinski definition) is 3. The molecule has 27 heavy (non-hydrogen) atoms. The van der Waals surface area contributed by atoms with E-state index in [0.29, 0.717) is 24.9 Å². The minimum atomic E-state index is -4.40. The zero-order valence-corrected chi connectivity index (χ0v) is 15.6. The molecule has 2 fully saturated rings. The maximum atomic E-state index is 13.2. The van der Waals surface area contributed by atoms with Crippen molar-refractivity contribution in [2.75, 3.05) is 39.3 Å². The first kappa shape index (κ1) is 20.1. The molecule has 1 aromatic rings. The van der Waals surface area contributed by atoms with E-state index >= 15 is 0 Å². The normalized spacial score (nSPS) is 21.0. The molecule has 2 aliphatic rings. The molecule has 150 valence electrons. The number of halogens is 3. The lowest BCUT2D eigenvalue weighted by molar-refractivity contribution is -0.138. The molecule has 1 saturated carbocycles. The van der Waals surface area contributed by atoms with Crippen LogP contribution < -0.4 is 10.6 Å². The summed E-state index contributed by atoms with van der Waals surface area (Å²) in [6, 6.07) is 5.34. The summed E-state index contributed by atoms with van der Waals surface area (Å²) >= 11 is 0. The minimum absolute atomic E-state index is 0.128. The van der Waals surface area contributed by atoms with Crippen molar-refractivity contribution < 1.29 is 18.0 Å². The quantitative estimate of drug-likeness (QED) is 0.822. The van der Waals surface area contributed by atoms with Gasteiger partial charge >= 0.3 is 6.18 Å². The van der Waals surface area contributed by atoms with Crippen LogP contribution in [0.2, 0.25) is 0 Å². The Hall–Kier alpha value is -1.60. The van der Waals surface area contributed by atoms with E-state index in [0.717, 1.165) is 58.1 Å². The monoisotopic (exact) mass is 383 g/mol. The van der Waals surface area contributed by atoms with E-state index in [1.54, 1.807) is 6.07 Å². The number of rotatable bonds is 5. The van der Waals surface area contributed by atoms with Gasteiger partial charge in [0.1, 0.15) is 0 Å². The molecule has 0 bridgehead atoms. The molecule has 7 heteroatoms. The molecule has 1 saturated heterocycles. The first-order chi connectivity index (χ1) is 12.9. The van der Waals surface area contributed by atoms with Crippen LogP contribution in [-0.2, 0) is 16.4 Å². The molecule has 0 spiro atoms. The van der Waals surface area contributed by atoms with E-state index in [4.69, 9.17) is 0 Å². The lowest BCUT2D eigenvalue weighted by atomic mass is 9.68. The van der Waals surface area contributed by atoms with Gasteiger partial charge in [-0.05, 0) is 24.5 Å². The van der Waals surface area contributed by atoms with Crippen LogP contribution in [0.5, 0.6) is 0 Å². The largest absolute Gasteiger partial charge is 0.416 e. The number of piperazine rings is 1. The number of nitrogens with zero attached hydrogens (tertiary/aromatic N) is 1. The summed E-state index contributed by atoms with van der Waals surface area (Å²) in [6.45, 7) is 5.10. The van der Waals surface area contributed by atoms with Crippen molar-refractivity contribution >= 4 is 5.91 Å². The third-order valence-corrected chi connectivity index (χ3v) is 5.81. The number of hydrogen-bond donors (Lipinski definition) is 2. The fraction of sp³-hybridized carbons (Fsp3) is 0.650. The molecule has 0 aromatic heterocycles. The predicted molar refractivity (Wildman–Crippen MR) is 98.5 cm³/mol. The lowest BCUT2D eigenvalue weighted by Crippen LogP contribution is -2.50. The maximum absolute atomic E-state index is 13.2. The SMILES string of the molecule is O=C(NCCN1CCNCC1)C1(c2cccc(C(F)(F)F)c2)CCCCC1. The van der Waals surface area contributed by atoms with E-state index in [2.05, 4.69) is 15.5 Å². The summed E-state index contributed by atoms with van der Waals surface area (Å²) in [5.74, 6) is -0.128. The average Bonchev–Trinajstić information content (AvgIpc) is 2.69. The van der Waals surface area contributed by atoms with Crippen molar-refractivity contribution in [3.05, 3.63) is 35.4 Å². The lowest BCUT2D eigenvalue weighted by Gasteiger charge is -2.37. The highest BCUT2D eigenvalue weighted by Gasteiger charge is 2.42. The van der Waals surface area contributed by atoms with Gasteiger partial charge in [-0.3, -0.25) is 9.69 Å². The highest BCUT2D eigenvalue weighted by molar-refractivity contribution is 5.88. The van der Waals surface area contributed by atoms with Gasteiger partial charge in [0.15, 0.2) is 0 Å². The van der Waals surface area contributed by atoms with Gasteiger partial charge in [0.2, 0.25) is 5.91 Å². The molecule has 4 nitrogen and oxygen atoms in total. The van der Waals surface area contributed by atoms with Crippen LogP contribution in [0.25, 0.3) is 0 Å². The number of alkyl halides is 3. The van der Waals surface area contributed by atoms with E-state index < -0.39 is 17.2 Å². The van der Waals surface area contributed by atoms with Crippen molar-refractivity contribution in [1.29, 1.82) is 0 Å². The summed E-state index contributed by atoms with van der Waals surface area (Å²) in [4.78, 5) is 15.4. The van der Waals surface area contributed by atoms with E-state index in [1.165, 1.54) is 12.1 Å². The number of carbonyl (C=O) groups is 1. The smallest absolute Gasteiger partial charge is 0.354 e. The van der Waals surface area contributed by atoms with Crippen molar-refractivity contribution in [3.63, 3.8) is 0 Å². The Morgan fingerprint density at radius 2 is 1.85 bits per heavy atom. The van der Waals surface area contributed by atoms with Crippen LogP contribution in [-0.4, -0.2) is 50.1 Å². The van der Waals surface area contributed by atoms with Gasteiger partial charge in [-0.2, -0.15) is 13.2 Å². The Kier molecular flexibility index (Phi) is 6.42. The molecule has 1 amide bonds. The zero-order chi connectivity index (χ0) is 19.3. The van der Waals surface area contributed by atoms with E-state index in [1.807, 2.05) is 0 Å². The fourth-order valence-corrected chi connectivity index (χ4v) is 4.23. The third-order valence-electron chi connectivity index (χ3n) is 5.81. The summed E-state index contributed by atoms with van der Waals surface area (Å²) in [7, 11) is 0. The summed E-state index contributed by atoms with van der Waals surface area (Å²) in [6.07, 6.45) is -0.441. The third kappa shape index (κ3) is 4.82. The van der Waals surface area contributed by atoms with Crippen LogP contribution >= 0.6 is 0 Å². The van der Waals surface area contributed by atoms with Crippen LogP contribution in [0, 0.1) is 0 Å². The summed E-state index contributed by atoms with van der Waals surface area (Å²) in [5, 5.41) is 6.30. The molecule has 1 aromatic carbocycles. The zero-order valence-electron chi connectivity index (χ0n) is 15.6. The Morgan fingerprint density at radius 3 is 2.52 bits per heavy atom.